The van der Waals surface area contributed by atoms with Crippen molar-refractivity contribution in [3.05, 3.63) is 22.9 Å². The van der Waals surface area contributed by atoms with Crippen LogP contribution in [0.25, 0.3) is 0 Å². The molecule has 1 aliphatic carbocycles. The zero-order valence-electron chi connectivity index (χ0n) is 9.81. The summed E-state index contributed by atoms with van der Waals surface area (Å²) in [5.41, 5.74) is 4.12. The molecule has 0 unspecified atom stereocenters. The maximum atomic E-state index is 11.3. The van der Waals surface area contributed by atoms with E-state index in [9.17, 15) is 4.79 Å². The quantitative estimate of drug-likeness (QED) is 0.726. The van der Waals surface area contributed by atoms with Crippen LogP contribution in [-0.2, 0) is 4.79 Å². The van der Waals surface area contributed by atoms with Gasteiger partial charge in [-0.05, 0) is 23.6 Å². The van der Waals surface area contributed by atoms with Gasteiger partial charge in [0.05, 0.1) is 0 Å². The van der Waals surface area contributed by atoms with Crippen LogP contribution < -0.4 is 5.32 Å². The number of hydrogen-bond acceptors (Lipinski definition) is 2. The van der Waals surface area contributed by atoms with E-state index >= 15 is 0 Å². The third-order valence-corrected chi connectivity index (χ3v) is 4.40. The monoisotopic (exact) mass is 221 g/mol. The van der Waals surface area contributed by atoms with Crippen molar-refractivity contribution in [3.8, 4) is 0 Å². The predicted molar refractivity (Wildman–Crippen MR) is 65.5 cm³/mol. The minimum atomic E-state index is -1.03. The first-order chi connectivity index (χ1) is 6.96. The van der Waals surface area contributed by atoms with E-state index in [1.807, 2.05) is 0 Å². The van der Waals surface area contributed by atoms with Gasteiger partial charge in [-0.3, -0.25) is 4.79 Å². The first-order valence-corrected chi connectivity index (χ1v) is 9.36. The molecule has 2 rings (SSSR count). The van der Waals surface area contributed by atoms with Crippen molar-refractivity contribution in [1.29, 1.82) is 0 Å². The van der Waals surface area contributed by atoms with Gasteiger partial charge in [-0.2, -0.15) is 0 Å². The van der Waals surface area contributed by atoms with Gasteiger partial charge in [-0.1, -0.05) is 19.6 Å². The third-order valence-electron chi connectivity index (χ3n) is 2.91. The predicted octanol–water partition coefficient (Wildman–Crippen LogP) is 2.47. The number of rotatable bonds is 2. The number of fused-ring (bicyclic) bond motifs is 1. The van der Waals surface area contributed by atoms with Crippen molar-refractivity contribution in [3.63, 3.8) is 0 Å². The minimum Gasteiger partial charge on any atom is -0.381 e. The Morgan fingerprint density at radius 3 is 2.73 bits per heavy atom. The van der Waals surface area contributed by atoms with Gasteiger partial charge in [0.1, 0.15) is 0 Å². The SMILES string of the molecule is C[Si](C)(C)CC1=C2CCC(=O)C=C2NC1. The van der Waals surface area contributed by atoms with Gasteiger partial charge < -0.3 is 5.32 Å². The number of carbonyl (C=O) groups excluding carboxylic acids is 1. The number of nitrogens with one attached hydrogen (secondary N) is 1. The molecule has 0 spiro atoms. The van der Waals surface area contributed by atoms with Crippen LogP contribution in [0.2, 0.25) is 25.7 Å². The minimum absolute atomic E-state index is 0.274. The Morgan fingerprint density at radius 2 is 2.07 bits per heavy atom. The Balaban J connectivity index is 2.24. The maximum Gasteiger partial charge on any atom is 0.158 e. The van der Waals surface area contributed by atoms with E-state index < -0.39 is 8.07 Å². The molecule has 0 amide bonds. The van der Waals surface area contributed by atoms with Crippen LogP contribution in [0.3, 0.4) is 0 Å². The lowest BCUT2D eigenvalue weighted by molar-refractivity contribution is -0.114. The highest BCUT2D eigenvalue weighted by molar-refractivity contribution is 6.76. The second kappa shape index (κ2) is 3.63. The van der Waals surface area contributed by atoms with E-state index in [0.29, 0.717) is 6.42 Å². The fourth-order valence-electron chi connectivity index (χ4n) is 2.35. The highest BCUT2D eigenvalue weighted by Gasteiger charge is 2.26. The molecule has 0 saturated carbocycles. The zero-order valence-corrected chi connectivity index (χ0v) is 10.8. The molecule has 0 saturated heterocycles. The summed E-state index contributed by atoms with van der Waals surface area (Å²) in [7, 11) is -1.03. The molecule has 0 radical (unpaired) electrons. The molecule has 82 valence electrons. The van der Waals surface area contributed by atoms with Crippen LogP contribution in [0.1, 0.15) is 12.8 Å². The van der Waals surface area contributed by atoms with E-state index in [1.54, 1.807) is 11.6 Å². The molecular weight excluding hydrogens is 202 g/mol. The molecule has 1 aliphatic heterocycles. The Kier molecular flexibility index (Phi) is 2.59. The number of carbonyl (C=O) groups is 1. The van der Waals surface area contributed by atoms with E-state index in [1.165, 1.54) is 11.6 Å². The highest BCUT2D eigenvalue weighted by atomic mass is 28.3. The first kappa shape index (κ1) is 10.7. The van der Waals surface area contributed by atoms with Crippen LogP contribution in [-0.4, -0.2) is 20.4 Å². The molecule has 15 heavy (non-hydrogen) atoms. The summed E-state index contributed by atoms with van der Waals surface area (Å²) in [4.78, 5) is 11.3. The lowest BCUT2D eigenvalue weighted by atomic mass is 9.96. The summed E-state index contributed by atoms with van der Waals surface area (Å²) < 4.78 is 0. The molecular formula is C12H19NOSi. The first-order valence-electron chi connectivity index (χ1n) is 5.65. The van der Waals surface area contributed by atoms with Gasteiger partial charge >= 0.3 is 0 Å². The van der Waals surface area contributed by atoms with E-state index in [-0.39, 0.29) is 5.78 Å². The molecule has 0 atom stereocenters. The Bertz CT molecular complexity index is 360. The Morgan fingerprint density at radius 1 is 1.33 bits per heavy atom. The molecule has 2 nitrogen and oxygen atoms in total. The summed E-state index contributed by atoms with van der Waals surface area (Å²) in [5.74, 6) is 0.274. The second-order valence-corrected chi connectivity index (χ2v) is 11.2. The average molecular weight is 221 g/mol. The molecule has 0 aromatic heterocycles. The molecule has 0 aromatic rings. The van der Waals surface area contributed by atoms with Gasteiger partial charge in [0.2, 0.25) is 0 Å². The lowest BCUT2D eigenvalue weighted by Crippen LogP contribution is -2.21. The summed E-state index contributed by atoms with van der Waals surface area (Å²) in [6.07, 6.45) is 3.45. The molecule has 0 bridgehead atoms. The topological polar surface area (TPSA) is 29.1 Å². The van der Waals surface area contributed by atoms with Gasteiger partial charge in [-0.25, -0.2) is 0 Å². The number of allylic oxidation sites excluding steroid dienone is 2. The summed E-state index contributed by atoms with van der Waals surface area (Å²) in [6.45, 7) is 8.17. The van der Waals surface area contributed by atoms with Crippen LogP contribution in [0.15, 0.2) is 22.9 Å². The fourth-order valence-corrected chi connectivity index (χ4v) is 3.96. The number of ketones is 1. The fraction of sp³-hybridized carbons (Fsp3) is 0.583. The van der Waals surface area contributed by atoms with Crippen molar-refractivity contribution >= 4 is 13.9 Å². The van der Waals surface area contributed by atoms with Crippen molar-refractivity contribution in [2.24, 2.45) is 0 Å². The third kappa shape index (κ3) is 2.40. The standard InChI is InChI=1S/C12H19NOSi/c1-15(2,3)8-9-7-13-12-6-10(14)4-5-11(9)12/h6,13H,4-5,7-8H2,1-3H3. The smallest absolute Gasteiger partial charge is 0.158 e. The van der Waals surface area contributed by atoms with Crippen molar-refractivity contribution in [2.75, 3.05) is 6.54 Å². The van der Waals surface area contributed by atoms with Crippen molar-refractivity contribution < 1.29 is 4.79 Å². The lowest BCUT2D eigenvalue weighted by Gasteiger charge is -2.18. The molecule has 1 heterocycles. The maximum absolute atomic E-state index is 11.3. The Labute approximate surface area is 92.5 Å². The molecule has 0 aromatic carbocycles. The molecule has 2 aliphatic rings. The van der Waals surface area contributed by atoms with Gasteiger partial charge in [-0.15, -0.1) is 0 Å². The Hall–Kier alpha value is -0.833. The summed E-state index contributed by atoms with van der Waals surface area (Å²) in [6, 6.07) is 1.26. The number of hydrogen-bond donors (Lipinski definition) is 1. The van der Waals surface area contributed by atoms with Gasteiger partial charge in [0.25, 0.3) is 0 Å². The molecule has 3 heteroatoms. The summed E-state index contributed by atoms with van der Waals surface area (Å²) in [5, 5.41) is 3.35. The van der Waals surface area contributed by atoms with Crippen LogP contribution in [0.4, 0.5) is 0 Å². The van der Waals surface area contributed by atoms with Crippen LogP contribution in [0, 0.1) is 0 Å². The highest BCUT2D eigenvalue weighted by Crippen LogP contribution is 2.32. The van der Waals surface area contributed by atoms with Crippen molar-refractivity contribution in [1.82, 2.24) is 5.32 Å². The normalized spacial score (nSPS) is 21.3. The van der Waals surface area contributed by atoms with Crippen LogP contribution in [0.5, 0.6) is 0 Å². The van der Waals surface area contributed by atoms with Gasteiger partial charge in [0, 0.05) is 32.8 Å². The molecule has 1 N–H and O–H groups in total. The van der Waals surface area contributed by atoms with E-state index in [0.717, 1.165) is 18.7 Å². The van der Waals surface area contributed by atoms with Crippen molar-refractivity contribution in [2.45, 2.75) is 38.5 Å². The van der Waals surface area contributed by atoms with Gasteiger partial charge in [0.15, 0.2) is 5.78 Å². The van der Waals surface area contributed by atoms with Crippen LogP contribution >= 0.6 is 0 Å². The second-order valence-electron chi connectivity index (χ2n) is 5.70. The zero-order chi connectivity index (χ0) is 11.1. The van der Waals surface area contributed by atoms with E-state index in [2.05, 4.69) is 25.0 Å². The van der Waals surface area contributed by atoms with E-state index in [4.69, 9.17) is 0 Å². The largest absolute Gasteiger partial charge is 0.381 e. The average Bonchev–Trinajstić information content (AvgIpc) is 2.45. The summed E-state index contributed by atoms with van der Waals surface area (Å²) >= 11 is 0. The molecule has 0 fully saturated rings.